The number of ether oxygens (including phenoxy) is 2. The Kier molecular flexibility index (Phi) is 3.91. The average molecular weight is 305 g/mol. The van der Waals surface area contributed by atoms with Crippen molar-refractivity contribution in [1.29, 1.82) is 0 Å². The van der Waals surface area contributed by atoms with Crippen LogP contribution in [0.1, 0.15) is 15.9 Å². The number of benzene rings is 2. The number of fused-ring (bicyclic) bond motifs is 1. The van der Waals surface area contributed by atoms with Crippen molar-refractivity contribution in [3.8, 4) is 11.5 Å². The second-order valence-corrected chi connectivity index (χ2v) is 4.82. The Hall–Kier alpha value is -2.63. The van der Waals surface area contributed by atoms with E-state index in [-0.39, 0.29) is 12.4 Å². The molecule has 0 aliphatic carbocycles. The standard InChI is InChI=1S/C16H13F2NO3/c17-11-2-3-12(13(18)8-11)16(20)19-6-5-10-1-4-14-15(7-10)22-9-21-14/h1-4,7-8H,5-6,9H2,(H,19,20). The van der Waals surface area contributed by atoms with Gasteiger partial charge in [-0.2, -0.15) is 0 Å². The van der Waals surface area contributed by atoms with E-state index in [1.54, 1.807) is 6.07 Å². The Morgan fingerprint density at radius 1 is 1.09 bits per heavy atom. The molecule has 2 aromatic rings. The third kappa shape index (κ3) is 3.00. The first-order chi connectivity index (χ1) is 10.6. The van der Waals surface area contributed by atoms with Crippen LogP contribution in [0, 0.1) is 11.6 Å². The van der Waals surface area contributed by atoms with Gasteiger partial charge in [0.15, 0.2) is 11.5 Å². The second kappa shape index (κ2) is 6.01. The largest absolute Gasteiger partial charge is 0.454 e. The van der Waals surface area contributed by atoms with Crippen LogP contribution in [-0.2, 0) is 6.42 Å². The lowest BCUT2D eigenvalue weighted by atomic mass is 10.1. The van der Waals surface area contributed by atoms with E-state index in [1.165, 1.54) is 0 Å². The van der Waals surface area contributed by atoms with E-state index in [1.807, 2.05) is 12.1 Å². The van der Waals surface area contributed by atoms with Gasteiger partial charge in [0.25, 0.3) is 5.91 Å². The average Bonchev–Trinajstić information content (AvgIpc) is 2.94. The molecule has 0 saturated carbocycles. The number of carbonyl (C=O) groups is 1. The molecule has 0 unspecified atom stereocenters. The van der Waals surface area contributed by atoms with Crippen LogP contribution in [0.15, 0.2) is 36.4 Å². The zero-order chi connectivity index (χ0) is 15.5. The summed E-state index contributed by atoms with van der Waals surface area (Å²) in [5.74, 6) is -0.789. The summed E-state index contributed by atoms with van der Waals surface area (Å²) < 4.78 is 36.8. The zero-order valence-corrected chi connectivity index (χ0v) is 11.6. The minimum absolute atomic E-state index is 0.174. The smallest absolute Gasteiger partial charge is 0.254 e. The summed E-state index contributed by atoms with van der Waals surface area (Å²) in [5, 5.41) is 2.60. The molecule has 1 N–H and O–H groups in total. The van der Waals surface area contributed by atoms with Gasteiger partial charge < -0.3 is 14.8 Å². The molecule has 4 nitrogen and oxygen atoms in total. The van der Waals surface area contributed by atoms with Crippen LogP contribution in [0.2, 0.25) is 0 Å². The number of amides is 1. The quantitative estimate of drug-likeness (QED) is 0.944. The zero-order valence-electron chi connectivity index (χ0n) is 11.6. The van der Waals surface area contributed by atoms with Gasteiger partial charge in [0.1, 0.15) is 11.6 Å². The van der Waals surface area contributed by atoms with Crippen LogP contribution in [0.5, 0.6) is 11.5 Å². The van der Waals surface area contributed by atoms with Crippen LogP contribution < -0.4 is 14.8 Å². The summed E-state index contributed by atoms with van der Waals surface area (Å²) >= 11 is 0. The topological polar surface area (TPSA) is 47.6 Å². The van der Waals surface area contributed by atoms with E-state index in [2.05, 4.69) is 5.32 Å². The van der Waals surface area contributed by atoms with Gasteiger partial charge in [-0.25, -0.2) is 8.78 Å². The van der Waals surface area contributed by atoms with Gasteiger partial charge >= 0.3 is 0 Å². The van der Waals surface area contributed by atoms with Crippen molar-refractivity contribution >= 4 is 5.91 Å². The van der Waals surface area contributed by atoms with E-state index in [0.717, 1.165) is 17.7 Å². The van der Waals surface area contributed by atoms with E-state index in [0.29, 0.717) is 30.5 Å². The molecule has 6 heteroatoms. The van der Waals surface area contributed by atoms with Gasteiger partial charge in [-0.15, -0.1) is 0 Å². The highest BCUT2D eigenvalue weighted by atomic mass is 19.1. The van der Waals surface area contributed by atoms with E-state index in [4.69, 9.17) is 9.47 Å². The first-order valence-corrected chi connectivity index (χ1v) is 6.75. The lowest BCUT2D eigenvalue weighted by molar-refractivity contribution is 0.0950. The van der Waals surface area contributed by atoms with Gasteiger partial charge in [-0.1, -0.05) is 6.07 Å². The lowest BCUT2D eigenvalue weighted by Gasteiger charge is -2.07. The molecule has 1 aliphatic rings. The Labute approximate surface area is 125 Å². The normalized spacial score (nSPS) is 12.3. The number of hydrogen-bond acceptors (Lipinski definition) is 3. The lowest BCUT2D eigenvalue weighted by Crippen LogP contribution is -2.26. The predicted molar refractivity (Wildman–Crippen MR) is 75.0 cm³/mol. The maximum Gasteiger partial charge on any atom is 0.254 e. The molecule has 114 valence electrons. The number of halogens is 2. The van der Waals surface area contributed by atoms with E-state index >= 15 is 0 Å². The van der Waals surface area contributed by atoms with Gasteiger partial charge in [0, 0.05) is 12.6 Å². The van der Waals surface area contributed by atoms with E-state index < -0.39 is 17.5 Å². The maximum absolute atomic E-state index is 13.5. The highest BCUT2D eigenvalue weighted by Crippen LogP contribution is 2.32. The van der Waals surface area contributed by atoms with Crippen LogP contribution >= 0.6 is 0 Å². The number of rotatable bonds is 4. The Morgan fingerprint density at radius 3 is 2.73 bits per heavy atom. The van der Waals surface area contributed by atoms with Crippen molar-refractivity contribution in [2.75, 3.05) is 13.3 Å². The van der Waals surface area contributed by atoms with Crippen LogP contribution in [0.4, 0.5) is 8.78 Å². The molecule has 22 heavy (non-hydrogen) atoms. The molecule has 0 saturated heterocycles. The fourth-order valence-electron chi connectivity index (χ4n) is 2.19. The van der Waals surface area contributed by atoms with E-state index in [9.17, 15) is 13.6 Å². The highest BCUT2D eigenvalue weighted by molar-refractivity contribution is 5.94. The van der Waals surface area contributed by atoms with Crippen LogP contribution in [0.25, 0.3) is 0 Å². The molecule has 2 aromatic carbocycles. The fourth-order valence-corrected chi connectivity index (χ4v) is 2.19. The van der Waals surface area contributed by atoms with Crippen molar-refractivity contribution in [1.82, 2.24) is 5.32 Å². The number of carbonyl (C=O) groups excluding carboxylic acids is 1. The molecule has 0 atom stereocenters. The highest BCUT2D eigenvalue weighted by Gasteiger charge is 2.14. The molecule has 0 bridgehead atoms. The number of hydrogen-bond donors (Lipinski definition) is 1. The molecule has 1 heterocycles. The molecule has 1 aliphatic heterocycles. The molecule has 0 spiro atoms. The fraction of sp³-hybridized carbons (Fsp3) is 0.188. The van der Waals surface area contributed by atoms with Gasteiger partial charge in [-0.3, -0.25) is 4.79 Å². The van der Waals surface area contributed by atoms with Gasteiger partial charge in [-0.05, 0) is 36.2 Å². The first-order valence-electron chi connectivity index (χ1n) is 6.75. The van der Waals surface area contributed by atoms with Crippen molar-refractivity contribution < 1.29 is 23.0 Å². The van der Waals surface area contributed by atoms with Crippen molar-refractivity contribution in [2.45, 2.75) is 6.42 Å². The molecule has 0 aromatic heterocycles. The van der Waals surface area contributed by atoms with Gasteiger partial charge in [0.05, 0.1) is 5.56 Å². The third-order valence-electron chi connectivity index (χ3n) is 3.31. The van der Waals surface area contributed by atoms with Gasteiger partial charge in [0.2, 0.25) is 6.79 Å². The first kappa shape index (κ1) is 14.3. The molecule has 3 rings (SSSR count). The van der Waals surface area contributed by atoms with Crippen molar-refractivity contribution in [2.24, 2.45) is 0 Å². The Balaban J connectivity index is 1.57. The molecule has 1 amide bonds. The summed E-state index contributed by atoms with van der Waals surface area (Å²) in [6.07, 6.45) is 0.561. The van der Waals surface area contributed by atoms with Crippen molar-refractivity contribution in [3.63, 3.8) is 0 Å². The Bertz CT molecular complexity index is 719. The molecular formula is C16H13F2NO3. The number of nitrogens with one attached hydrogen (secondary N) is 1. The summed E-state index contributed by atoms with van der Waals surface area (Å²) in [6.45, 7) is 0.536. The predicted octanol–water partition coefficient (Wildman–Crippen LogP) is 2.67. The molecule has 0 fully saturated rings. The third-order valence-corrected chi connectivity index (χ3v) is 3.31. The summed E-state index contributed by atoms with van der Waals surface area (Å²) in [5.41, 5.74) is 0.788. The molecular weight excluding hydrogens is 292 g/mol. The minimum atomic E-state index is -0.874. The Morgan fingerprint density at radius 2 is 1.91 bits per heavy atom. The monoisotopic (exact) mass is 305 g/mol. The van der Waals surface area contributed by atoms with Crippen molar-refractivity contribution in [3.05, 3.63) is 59.2 Å². The summed E-state index contributed by atoms with van der Waals surface area (Å²) in [6, 6.07) is 8.38. The SMILES string of the molecule is O=C(NCCc1ccc2c(c1)OCO2)c1ccc(F)cc1F. The van der Waals surface area contributed by atoms with Crippen LogP contribution in [0.3, 0.4) is 0 Å². The summed E-state index contributed by atoms with van der Waals surface area (Å²) in [4.78, 5) is 11.8. The molecule has 0 radical (unpaired) electrons. The second-order valence-electron chi connectivity index (χ2n) is 4.82. The summed E-state index contributed by atoms with van der Waals surface area (Å²) in [7, 11) is 0. The maximum atomic E-state index is 13.5. The minimum Gasteiger partial charge on any atom is -0.454 e. The van der Waals surface area contributed by atoms with Crippen LogP contribution in [-0.4, -0.2) is 19.2 Å².